The average molecular weight is 371 g/mol. The van der Waals surface area contributed by atoms with Gasteiger partial charge in [0.05, 0.1) is 11.5 Å². The molecule has 0 saturated carbocycles. The zero-order valence-electron chi connectivity index (χ0n) is 13.4. The van der Waals surface area contributed by atoms with Gasteiger partial charge < -0.3 is 10.6 Å². The van der Waals surface area contributed by atoms with E-state index < -0.39 is 4.92 Å². The molecule has 0 bridgehead atoms. The Morgan fingerprint density at radius 3 is 2.46 bits per heavy atom. The van der Waals surface area contributed by atoms with Crippen LogP contribution in [-0.2, 0) is 6.54 Å². The molecule has 1 aromatic heterocycles. The lowest BCUT2D eigenvalue weighted by Gasteiger charge is -2.08. The Bertz CT molecular complexity index is 925. The van der Waals surface area contributed by atoms with Gasteiger partial charge in [0.25, 0.3) is 5.69 Å². The molecular weight excluding hydrogens is 357 g/mol. The molecule has 0 spiro atoms. The Morgan fingerprint density at radius 1 is 1.12 bits per heavy atom. The van der Waals surface area contributed by atoms with Crippen LogP contribution in [0.2, 0.25) is 0 Å². The van der Waals surface area contributed by atoms with Crippen molar-refractivity contribution in [3.63, 3.8) is 0 Å². The van der Waals surface area contributed by atoms with E-state index in [-0.39, 0.29) is 11.5 Å². The highest BCUT2D eigenvalue weighted by Gasteiger charge is 2.06. The van der Waals surface area contributed by atoms with E-state index in [2.05, 4.69) is 15.7 Å². The predicted molar refractivity (Wildman–Crippen MR) is 101 cm³/mol. The number of nitro benzene ring substituents is 1. The summed E-state index contributed by atoms with van der Waals surface area (Å²) >= 11 is 5.21. The third kappa shape index (κ3) is 4.61. The fourth-order valence-electron chi connectivity index (χ4n) is 2.24. The van der Waals surface area contributed by atoms with Gasteiger partial charge in [-0.3, -0.25) is 14.8 Å². The number of aromatic nitrogens is 2. The van der Waals surface area contributed by atoms with Crippen molar-refractivity contribution in [1.82, 2.24) is 9.78 Å². The van der Waals surface area contributed by atoms with E-state index in [1.54, 1.807) is 41.2 Å². The van der Waals surface area contributed by atoms with Crippen LogP contribution in [0.15, 0.2) is 60.8 Å². The number of nitro groups is 1. The van der Waals surface area contributed by atoms with Gasteiger partial charge in [0.15, 0.2) is 10.9 Å². The summed E-state index contributed by atoms with van der Waals surface area (Å²) in [6, 6.07) is 13.9. The third-order valence-corrected chi connectivity index (χ3v) is 3.68. The number of hydrogen-bond donors (Lipinski definition) is 2. The van der Waals surface area contributed by atoms with Gasteiger partial charge >= 0.3 is 0 Å². The summed E-state index contributed by atoms with van der Waals surface area (Å²) in [5.41, 5.74) is 1.56. The van der Waals surface area contributed by atoms with Crippen molar-refractivity contribution in [2.24, 2.45) is 0 Å². The van der Waals surface area contributed by atoms with E-state index in [0.717, 1.165) is 5.56 Å². The summed E-state index contributed by atoms with van der Waals surface area (Å²) in [6.07, 6.45) is 1.78. The second kappa shape index (κ2) is 7.70. The quantitative estimate of drug-likeness (QED) is 0.403. The maximum absolute atomic E-state index is 12.9. The first kappa shape index (κ1) is 17.5. The first-order valence-electron chi connectivity index (χ1n) is 7.60. The molecule has 0 radical (unpaired) electrons. The zero-order chi connectivity index (χ0) is 18.5. The van der Waals surface area contributed by atoms with Crippen LogP contribution in [0.25, 0.3) is 0 Å². The highest BCUT2D eigenvalue weighted by atomic mass is 32.1. The van der Waals surface area contributed by atoms with E-state index >= 15 is 0 Å². The summed E-state index contributed by atoms with van der Waals surface area (Å²) < 4.78 is 14.6. The van der Waals surface area contributed by atoms with Crippen LogP contribution in [0.1, 0.15) is 5.56 Å². The second-order valence-corrected chi connectivity index (χ2v) is 5.82. The molecule has 9 heteroatoms. The van der Waals surface area contributed by atoms with Gasteiger partial charge in [-0.1, -0.05) is 12.1 Å². The lowest BCUT2D eigenvalue weighted by molar-refractivity contribution is -0.384. The van der Waals surface area contributed by atoms with Crippen LogP contribution < -0.4 is 10.6 Å². The highest BCUT2D eigenvalue weighted by Crippen LogP contribution is 2.16. The Balaban J connectivity index is 1.57. The molecule has 0 aliphatic carbocycles. The lowest BCUT2D eigenvalue weighted by Crippen LogP contribution is -2.19. The predicted octanol–water partition coefficient (Wildman–Crippen LogP) is 3.79. The summed E-state index contributed by atoms with van der Waals surface area (Å²) in [7, 11) is 0. The van der Waals surface area contributed by atoms with Crippen molar-refractivity contribution in [3.05, 3.63) is 82.3 Å². The average Bonchev–Trinajstić information content (AvgIpc) is 3.04. The van der Waals surface area contributed by atoms with E-state index in [0.29, 0.717) is 23.2 Å². The van der Waals surface area contributed by atoms with Gasteiger partial charge in [-0.15, -0.1) is 0 Å². The van der Waals surface area contributed by atoms with E-state index in [1.807, 2.05) is 0 Å². The molecule has 0 saturated heterocycles. The monoisotopic (exact) mass is 371 g/mol. The Morgan fingerprint density at radius 2 is 1.81 bits per heavy atom. The van der Waals surface area contributed by atoms with Crippen molar-refractivity contribution in [2.75, 3.05) is 10.6 Å². The number of benzene rings is 2. The highest BCUT2D eigenvalue weighted by molar-refractivity contribution is 7.80. The Hall–Kier alpha value is -3.33. The van der Waals surface area contributed by atoms with Crippen LogP contribution in [0.4, 0.5) is 21.6 Å². The first-order valence-corrected chi connectivity index (χ1v) is 8.01. The van der Waals surface area contributed by atoms with Gasteiger partial charge in [0, 0.05) is 30.1 Å². The summed E-state index contributed by atoms with van der Waals surface area (Å²) in [4.78, 5) is 10.2. The van der Waals surface area contributed by atoms with Crippen molar-refractivity contribution in [2.45, 2.75) is 6.54 Å². The SMILES string of the molecule is O=[N+]([O-])c1ccc(NC(=S)Nc2ccn(Cc3ccc(F)cc3)n2)cc1. The molecule has 2 aromatic carbocycles. The maximum Gasteiger partial charge on any atom is 0.269 e. The summed E-state index contributed by atoms with van der Waals surface area (Å²) in [6.45, 7) is 0.504. The number of anilines is 2. The molecule has 2 N–H and O–H groups in total. The number of thiocarbonyl (C=S) groups is 1. The van der Waals surface area contributed by atoms with Crippen LogP contribution >= 0.6 is 12.2 Å². The van der Waals surface area contributed by atoms with E-state index in [1.165, 1.54) is 24.3 Å². The van der Waals surface area contributed by atoms with Crippen molar-refractivity contribution >= 4 is 34.5 Å². The van der Waals surface area contributed by atoms with Gasteiger partial charge in [-0.05, 0) is 42.0 Å². The molecule has 0 fully saturated rings. The number of rotatable bonds is 5. The molecular formula is C17H14FN5O2S. The molecule has 3 rings (SSSR count). The van der Waals surface area contributed by atoms with E-state index in [9.17, 15) is 14.5 Å². The zero-order valence-corrected chi connectivity index (χ0v) is 14.2. The molecule has 7 nitrogen and oxygen atoms in total. The third-order valence-electron chi connectivity index (χ3n) is 3.48. The molecule has 0 aliphatic rings. The summed E-state index contributed by atoms with van der Waals surface area (Å²) in [5.74, 6) is 0.269. The van der Waals surface area contributed by atoms with Gasteiger partial charge in [-0.2, -0.15) is 5.10 Å². The van der Waals surface area contributed by atoms with Gasteiger partial charge in [-0.25, -0.2) is 4.39 Å². The molecule has 1 heterocycles. The number of nitrogens with zero attached hydrogens (tertiary/aromatic N) is 3. The van der Waals surface area contributed by atoms with Crippen molar-refractivity contribution in [3.8, 4) is 0 Å². The van der Waals surface area contributed by atoms with Crippen LogP contribution in [0, 0.1) is 15.9 Å². The standard InChI is InChI=1S/C17H14FN5O2S/c18-13-3-1-12(2-4-13)11-22-10-9-16(21-22)20-17(26)19-14-5-7-15(8-6-14)23(24)25/h1-10H,11H2,(H2,19,20,21,26). The van der Waals surface area contributed by atoms with E-state index in [4.69, 9.17) is 12.2 Å². The number of non-ortho nitro benzene ring substituents is 1. The molecule has 0 atom stereocenters. The number of hydrogen-bond acceptors (Lipinski definition) is 4. The minimum atomic E-state index is -0.464. The Kier molecular flexibility index (Phi) is 5.18. The minimum Gasteiger partial charge on any atom is -0.332 e. The normalized spacial score (nSPS) is 10.3. The molecule has 132 valence electrons. The lowest BCUT2D eigenvalue weighted by atomic mass is 10.2. The smallest absolute Gasteiger partial charge is 0.269 e. The van der Waals surface area contributed by atoms with Gasteiger partial charge in [0.2, 0.25) is 0 Å². The van der Waals surface area contributed by atoms with Crippen molar-refractivity contribution < 1.29 is 9.31 Å². The van der Waals surface area contributed by atoms with Crippen LogP contribution in [0.3, 0.4) is 0 Å². The molecule has 0 amide bonds. The minimum absolute atomic E-state index is 0.00830. The topological polar surface area (TPSA) is 85.0 Å². The van der Waals surface area contributed by atoms with Crippen molar-refractivity contribution in [1.29, 1.82) is 0 Å². The maximum atomic E-state index is 12.9. The van der Waals surface area contributed by atoms with Crippen LogP contribution in [0.5, 0.6) is 0 Å². The fourth-order valence-corrected chi connectivity index (χ4v) is 2.46. The number of halogens is 1. The number of nitrogens with one attached hydrogen (secondary N) is 2. The fraction of sp³-hybridized carbons (Fsp3) is 0.0588. The molecule has 26 heavy (non-hydrogen) atoms. The first-order chi connectivity index (χ1) is 12.5. The summed E-state index contributed by atoms with van der Waals surface area (Å²) in [5, 5.41) is 21.2. The molecule has 0 unspecified atom stereocenters. The van der Waals surface area contributed by atoms with Crippen LogP contribution in [-0.4, -0.2) is 19.8 Å². The van der Waals surface area contributed by atoms with Gasteiger partial charge in [0.1, 0.15) is 5.82 Å². The second-order valence-electron chi connectivity index (χ2n) is 5.41. The molecule has 3 aromatic rings. The Labute approximate surface area is 153 Å². The largest absolute Gasteiger partial charge is 0.332 e. The molecule has 0 aliphatic heterocycles.